The van der Waals surface area contributed by atoms with Gasteiger partial charge in [-0.25, -0.2) is 0 Å². The molecule has 0 aromatic heterocycles. The summed E-state index contributed by atoms with van der Waals surface area (Å²) in [4.78, 5) is 28.0. The Hall–Kier alpha value is -3.66. The van der Waals surface area contributed by atoms with E-state index in [1.54, 1.807) is 0 Å². The number of imide groups is 1. The van der Waals surface area contributed by atoms with Gasteiger partial charge in [-0.2, -0.15) is 0 Å². The van der Waals surface area contributed by atoms with E-state index in [9.17, 15) is 9.59 Å². The third-order valence-electron chi connectivity index (χ3n) is 7.95. The zero-order chi connectivity index (χ0) is 22.1. The van der Waals surface area contributed by atoms with Crippen molar-refractivity contribution in [1.82, 2.24) is 0 Å². The second kappa shape index (κ2) is 6.92. The summed E-state index contributed by atoms with van der Waals surface area (Å²) in [7, 11) is 0. The molecule has 2 saturated carbocycles. The van der Waals surface area contributed by atoms with Gasteiger partial charge in [0.1, 0.15) is 11.5 Å². The Morgan fingerprint density at radius 3 is 1.73 bits per heavy atom. The van der Waals surface area contributed by atoms with Crippen molar-refractivity contribution >= 4 is 17.5 Å². The van der Waals surface area contributed by atoms with Crippen molar-refractivity contribution in [3.8, 4) is 22.6 Å². The minimum absolute atomic E-state index is 0.0279. The van der Waals surface area contributed by atoms with E-state index in [1.807, 2.05) is 66.7 Å². The smallest absolute Gasteiger partial charge is 0.238 e. The molecular formula is C29H23NO3. The van der Waals surface area contributed by atoms with E-state index in [-0.39, 0.29) is 35.5 Å². The number of anilines is 1. The Morgan fingerprint density at radius 1 is 0.636 bits per heavy atom. The predicted octanol–water partition coefficient (Wildman–Crippen LogP) is 5.70. The second-order valence-electron chi connectivity index (χ2n) is 9.65. The summed E-state index contributed by atoms with van der Waals surface area (Å²) in [5.41, 5.74) is 2.93. The lowest BCUT2D eigenvalue weighted by Crippen LogP contribution is -2.40. The largest absolute Gasteiger partial charge is 0.457 e. The van der Waals surface area contributed by atoms with Crippen LogP contribution >= 0.6 is 0 Å². The predicted molar refractivity (Wildman–Crippen MR) is 126 cm³/mol. The average Bonchev–Trinajstić information content (AvgIpc) is 3.64. The molecule has 3 aromatic rings. The summed E-state index contributed by atoms with van der Waals surface area (Å²) >= 11 is 0. The minimum Gasteiger partial charge on any atom is -0.457 e. The second-order valence-corrected chi connectivity index (χ2v) is 9.65. The van der Waals surface area contributed by atoms with Crippen molar-refractivity contribution in [1.29, 1.82) is 0 Å². The lowest BCUT2D eigenvalue weighted by molar-refractivity contribution is -0.124. The maximum atomic E-state index is 13.3. The molecule has 33 heavy (non-hydrogen) atoms. The van der Waals surface area contributed by atoms with E-state index in [0.717, 1.165) is 16.9 Å². The summed E-state index contributed by atoms with van der Waals surface area (Å²) in [6, 6.07) is 25.5. The first kappa shape index (κ1) is 18.9. The Morgan fingerprint density at radius 2 is 1.15 bits per heavy atom. The van der Waals surface area contributed by atoms with Crippen LogP contribution in [0.3, 0.4) is 0 Å². The number of benzene rings is 3. The molecule has 0 spiro atoms. The van der Waals surface area contributed by atoms with Crippen molar-refractivity contribution in [2.45, 2.75) is 6.42 Å². The first-order valence-electron chi connectivity index (χ1n) is 11.7. The van der Waals surface area contributed by atoms with E-state index in [0.29, 0.717) is 23.3 Å². The Labute approximate surface area is 192 Å². The molecule has 4 nitrogen and oxygen atoms in total. The molecule has 3 fully saturated rings. The lowest BCUT2D eigenvalue weighted by atomic mass is 9.63. The van der Waals surface area contributed by atoms with Crippen LogP contribution in [0, 0.1) is 35.5 Å². The van der Waals surface area contributed by atoms with Gasteiger partial charge in [0.05, 0.1) is 17.5 Å². The minimum atomic E-state index is -0.171. The Kier molecular flexibility index (Phi) is 3.95. The number of allylic oxidation sites excluding steroid dienone is 2. The van der Waals surface area contributed by atoms with E-state index in [4.69, 9.17) is 4.74 Å². The number of ether oxygens (including phenoxy) is 1. The van der Waals surface area contributed by atoms with Gasteiger partial charge in [-0.15, -0.1) is 0 Å². The molecule has 1 heterocycles. The summed E-state index contributed by atoms with van der Waals surface area (Å²) in [6.07, 6.45) is 5.58. The van der Waals surface area contributed by atoms with E-state index in [1.165, 1.54) is 11.3 Å². The third kappa shape index (κ3) is 2.83. The van der Waals surface area contributed by atoms with Gasteiger partial charge in [0.15, 0.2) is 0 Å². The summed E-state index contributed by atoms with van der Waals surface area (Å²) in [5.74, 6) is 2.73. The molecule has 0 radical (unpaired) electrons. The number of hydrogen-bond donors (Lipinski definition) is 0. The van der Waals surface area contributed by atoms with Crippen LogP contribution in [0.2, 0.25) is 0 Å². The van der Waals surface area contributed by atoms with Gasteiger partial charge in [-0.1, -0.05) is 54.6 Å². The van der Waals surface area contributed by atoms with Crippen LogP contribution in [-0.2, 0) is 9.59 Å². The van der Waals surface area contributed by atoms with Crippen molar-refractivity contribution < 1.29 is 14.3 Å². The normalized spacial score (nSPS) is 30.8. The fourth-order valence-electron chi connectivity index (χ4n) is 6.36. The molecule has 0 N–H and O–H groups in total. The van der Waals surface area contributed by atoms with E-state index >= 15 is 0 Å². The molecule has 8 rings (SSSR count). The topological polar surface area (TPSA) is 46.6 Å². The molecular weight excluding hydrogens is 410 g/mol. The summed E-state index contributed by atoms with van der Waals surface area (Å²) < 4.78 is 6.00. The van der Waals surface area contributed by atoms with Gasteiger partial charge < -0.3 is 4.74 Å². The van der Waals surface area contributed by atoms with Gasteiger partial charge in [-0.05, 0) is 77.6 Å². The number of rotatable bonds is 4. The van der Waals surface area contributed by atoms with E-state index < -0.39 is 0 Å². The highest BCUT2D eigenvalue weighted by Gasteiger charge is 2.67. The average molecular weight is 434 g/mol. The molecule has 0 unspecified atom stereocenters. The highest BCUT2D eigenvalue weighted by molar-refractivity contribution is 6.22. The molecule has 3 aromatic carbocycles. The highest BCUT2D eigenvalue weighted by atomic mass is 16.5. The highest BCUT2D eigenvalue weighted by Crippen LogP contribution is 2.65. The maximum absolute atomic E-state index is 13.3. The van der Waals surface area contributed by atoms with Crippen molar-refractivity contribution in [2.24, 2.45) is 35.5 Å². The zero-order valence-electron chi connectivity index (χ0n) is 18.0. The zero-order valence-corrected chi connectivity index (χ0v) is 18.0. The maximum Gasteiger partial charge on any atom is 0.238 e. The molecule has 1 saturated heterocycles. The number of nitrogens with zero attached hydrogens (tertiary/aromatic N) is 1. The van der Waals surface area contributed by atoms with Gasteiger partial charge in [0.2, 0.25) is 11.8 Å². The Balaban J connectivity index is 1.09. The lowest BCUT2D eigenvalue weighted by Gasteiger charge is -2.37. The SMILES string of the molecule is O=C1[C@@H]2[C@H]3C=C[C@@H]([C@@H]4C[C@@H]34)[C@@H]2C(=O)N1c1ccc(Oc2ccc(-c3ccccc3)cc2)cc1. The van der Waals surface area contributed by atoms with Gasteiger partial charge in [-0.3, -0.25) is 14.5 Å². The molecule has 1 aliphatic heterocycles. The molecule has 5 aliphatic rings. The molecule has 162 valence electrons. The van der Waals surface area contributed by atoms with Gasteiger partial charge >= 0.3 is 0 Å². The van der Waals surface area contributed by atoms with E-state index in [2.05, 4.69) is 24.3 Å². The monoisotopic (exact) mass is 433 g/mol. The van der Waals surface area contributed by atoms with Crippen LogP contribution in [0.1, 0.15) is 6.42 Å². The van der Waals surface area contributed by atoms with Crippen LogP contribution in [-0.4, -0.2) is 11.8 Å². The first-order valence-corrected chi connectivity index (χ1v) is 11.7. The quantitative estimate of drug-likeness (QED) is 0.391. The standard InChI is InChI=1S/C29H23NO3/c31-28-26-22-14-15-23(25-16-24(22)25)27(26)29(32)30(28)19-8-12-21(13-9-19)33-20-10-6-18(7-11-20)17-4-2-1-3-5-17/h1-15,22-27H,16H2/t22-,23-,24-,25-,26-,27+/m0/s1. The molecule has 6 atom stereocenters. The van der Waals surface area contributed by atoms with Crippen LogP contribution in [0.15, 0.2) is 91.0 Å². The van der Waals surface area contributed by atoms with Crippen molar-refractivity contribution in [3.63, 3.8) is 0 Å². The summed E-state index contributed by atoms with van der Waals surface area (Å²) in [5, 5.41) is 0. The van der Waals surface area contributed by atoms with Crippen molar-refractivity contribution in [2.75, 3.05) is 4.90 Å². The molecule has 4 heteroatoms. The summed E-state index contributed by atoms with van der Waals surface area (Å²) in [6.45, 7) is 0. The number of carbonyl (C=O) groups excluding carboxylic acids is 2. The van der Waals surface area contributed by atoms with Gasteiger partial charge in [0.25, 0.3) is 0 Å². The molecule has 2 amide bonds. The number of carbonyl (C=O) groups is 2. The molecule has 2 bridgehead atoms. The van der Waals surface area contributed by atoms with Gasteiger partial charge in [0, 0.05) is 0 Å². The van der Waals surface area contributed by atoms with Crippen LogP contribution < -0.4 is 9.64 Å². The van der Waals surface area contributed by atoms with Crippen LogP contribution in [0.4, 0.5) is 5.69 Å². The fraction of sp³-hybridized carbons (Fsp3) is 0.241. The fourth-order valence-corrected chi connectivity index (χ4v) is 6.36. The molecule has 4 aliphatic carbocycles. The third-order valence-corrected chi connectivity index (χ3v) is 7.95. The van der Waals surface area contributed by atoms with Crippen LogP contribution in [0.5, 0.6) is 11.5 Å². The van der Waals surface area contributed by atoms with Crippen molar-refractivity contribution in [3.05, 3.63) is 91.0 Å². The van der Waals surface area contributed by atoms with Crippen LogP contribution in [0.25, 0.3) is 11.1 Å². The number of amides is 2. The number of hydrogen-bond acceptors (Lipinski definition) is 3. The Bertz CT molecular complexity index is 1240. The first-order chi connectivity index (χ1) is 16.2.